The molecule has 0 bridgehead atoms. The van der Waals surface area contributed by atoms with E-state index in [0.29, 0.717) is 25.5 Å². The van der Waals surface area contributed by atoms with Crippen LogP contribution in [0, 0.1) is 0 Å². The first-order chi connectivity index (χ1) is 11.2. The van der Waals surface area contributed by atoms with E-state index in [1.807, 2.05) is 37.3 Å². The van der Waals surface area contributed by atoms with Crippen LogP contribution in [0.25, 0.3) is 0 Å². The van der Waals surface area contributed by atoms with Crippen molar-refractivity contribution in [1.82, 2.24) is 20.8 Å². The summed E-state index contributed by atoms with van der Waals surface area (Å²) in [5.41, 5.74) is 3.65. The predicted molar refractivity (Wildman–Crippen MR) is 87.0 cm³/mol. The Balaban J connectivity index is 1.48. The monoisotopic (exact) mass is 314 g/mol. The Morgan fingerprint density at radius 3 is 3.04 bits per heavy atom. The molecule has 23 heavy (non-hydrogen) atoms. The lowest BCUT2D eigenvalue weighted by molar-refractivity contribution is 0.0815. The van der Waals surface area contributed by atoms with E-state index in [2.05, 4.69) is 20.8 Å². The van der Waals surface area contributed by atoms with Crippen LogP contribution in [0.4, 0.5) is 0 Å². The smallest absolute Gasteiger partial charge is 0.272 e. The summed E-state index contributed by atoms with van der Waals surface area (Å²) in [5, 5.41) is 13.3. The number of benzene rings is 1. The molecule has 6 nitrogen and oxygen atoms in total. The van der Waals surface area contributed by atoms with Gasteiger partial charge in [-0.05, 0) is 12.5 Å². The molecule has 6 heteroatoms. The van der Waals surface area contributed by atoms with E-state index in [0.717, 1.165) is 29.8 Å². The maximum Gasteiger partial charge on any atom is 0.272 e. The van der Waals surface area contributed by atoms with Gasteiger partial charge in [-0.2, -0.15) is 5.10 Å². The van der Waals surface area contributed by atoms with Crippen molar-refractivity contribution in [2.45, 2.75) is 32.5 Å². The fourth-order valence-electron chi connectivity index (χ4n) is 2.67. The number of hydrogen-bond acceptors (Lipinski definition) is 4. The molecule has 3 N–H and O–H groups in total. The number of aromatic nitrogens is 2. The van der Waals surface area contributed by atoms with E-state index in [1.165, 1.54) is 0 Å². The van der Waals surface area contributed by atoms with Crippen molar-refractivity contribution >= 4 is 5.91 Å². The highest BCUT2D eigenvalue weighted by Crippen LogP contribution is 2.15. The lowest BCUT2D eigenvalue weighted by atomic mass is 10.1. The predicted octanol–water partition coefficient (Wildman–Crippen LogP) is 1.39. The van der Waals surface area contributed by atoms with Crippen LogP contribution in [0.5, 0.6) is 0 Å². The van der Waals surface area contributed by atoms with Gasteiger partial charge in [0, 0.05) is 36.8 Å². The van der Waals surface area contributed by atoms with Crippen molar-refractivity contribution < 1.29 is 9.53 Å². The number of carbonyl (C=O) groups excluding carboxylic acids is 1. The molecule has 0 radical (unpaired) electrons. The summed E-state index contributed by atoms with van der Waals surface area (Å²) < 4.78 is 5.66. The second-order valence-electron chi connectivity index (χ2n) is 5.83. The second-order valence-corrected chi connectivity index (χ2v) is 5.83. The molecule has 3 rings (SSSR count). The normalized spacial score (nSPS) is 15.0. The van der Waals surface area contributed by atoms with Crippen LogP contribution < -0.4 is 10.6 Å². The second kappa shape index (κ2) is 7.39. The Morgan fingerprint density at radius 1 is 1.39 bits per heavy atom. The number of carbonyl (C=O) groups is 1. The van der Waals surface area contributed by atoms with Gasteiger partial charge in [-0.15, -0.1) is 0 Å². The van der Waals surface area contributed by atoms with Gasteiger partial charge in [0.2, 0.25) is 0 Å². The Morgan fingerprint density at radius 2 is 2.22 bits per heavy atom. The molecule has 1 aromatic heterocycles. The van der Waals surface area contributed by atoms with Crippen LogP contribution in [0.15, 0.2) is 30.3 Å². The number of aromatic amines is 1. The summed E-state index contributed by atoms with van der Waals surface area (Å²) in [6.45, 7) is 4.54. The third-order valence-electron chi connectivity index (χ3n) is 3.88. The lowest BCUT2D eigenvalue weighted by Crippen LogP contribution is -2.37. The average Bonchev–Trinajstić information content (AvgIpc) is 3.00. The van der Waals surface area contributed by atoms with E-state index in [-0.39, 0.29) is 11.9 Å². The van der Waals surface area contributed by atoms with Gasteiger partial charge in [0.05, 0.1) is 13.2 Å². The highest BCUT2D eigenvalue weighted by Gasteiger charge is 2.22. The number of rotatable bonds is 6. The number of ether oxygens (including phenoxy) is 1. The van der Waals surface area contributed by atoms with Crippen LogP contribution in [0.3, 0.4) is 0 Å². The summed E-state index contributed by atoms with van der Waals surface area (Å²) >= 11 is 0. The van der Waals surface area contributed by atoms with Gasteiger partial charge in [0.15, 0.2) is 5.69 Å². The third kappa shape index (κ3) is 3.97. The SMILES string of the molecule is CC(COCc1ccccc1)NC(=O)c1n[nH]c2c1CNCC2. The summed E-state index contributed by atoms with van der Waals surface area (Å²) in [6, 6.07) is 9.91. The molecule has 1 amide bonds. The minimum Gasteiger partial charge on any atom is -0.375 e. The Bertz CT molecular complexity index is 654. The molecule has 0 fully saturated rings. The van der Waals surface area contributed by atoms with Crippen LogP contribution >= 0.6 is 0 Å². The summed E-state index contributed by atoms with van der Waals surface area (Å²) in [4.78, 5) is 12.3. The van der Waals surface area contributed by atoms with E-state index in [4.69, 9.17) is 4.74 Å². The number of nitrogens with zero attached hydrogens (tertiary/aromatic N) is 1. The van der Waals surface area contributed by atoms with Gasteiger partial charge in [-0.25, -0.2) is 0 Å². The zero-order valence-electron chi connectivity index (χ0n) is 13.3. The molecular weight excluding hydrogens is 292 g/mol. The van der Waals surface area contributed by atoms with Crippen molar-refractivity contribution in [3.8, 4) is 0 Å². The first-order valence-electron chi connectivity index (χ1n) is 7.93. The zero-order chi connectivity index (χ0) is 16.1. The third-order valence-corrected chi connectivity index (χ3v) is 3.88. The molecule has 2 heterocycles. The number of amides is 1. The molecule has 1 aliphatic heterocycles. The first kappa shape index (κ1) is 15.7. The summed E-state index contributed by atoms with van der Waals surface area (Å²) in [7, 11) is 0. The van der Waals surface area contributed by atoms with Gasteiger partial charge >= 0.3 is 0 Å². The first-order valence-corrected chi connectivity index (χ1v) is 7.93. The minimum atomic E-state index is -0.151. The number of fused-ring (bicyclic) bond motifs is 1. The van der Waals surface area contributed by atoms with Gasteiger partial charge in [-0.1, -0.05) is 30.3 Å². The van der Waals surface area contributed by atoms with Gasteiger partial charge in [0.1, 0.15) is 0 Å². The molecule has 1 aliphatic rings. The Kier molecular flexibility index (Phi) is 5.05. The molecule has 0 spiro atoms. The van der Waals surface area contributed by atoms with Crippen LogP contribution in [0.2, 0.25) is 0 Å². The lowest BCUT2D eigenvalue weighted by Gasteiger charge is -2.16. The van der Waals surface area contributed by atoms with E-state index < -0.39 is 0 Å². The van der Waals surface area contributed by atoms with Crippen molar-refractivity contribution in [3.05, 3.63) is 52.8 Å². The number of hydrogen-bond donors (Lipinski definition) is 3. The van der Waals surface area contributed by atoms with E-state index in [9.17, 15) is 4.79 Å². The molecule has 2 aromatic rings. The Labute approximate surface area is 135 Å². The molecule has 0 saturated carbocycles. The van der Waals surface area contributed by atoms with Crippen molar-refractivity contribution in [2.75, 3.05) is 13.2 Å². The van der Waals surface area contributed by atoms with E-state index >= 15 is 0 Å². The molecule has 1 unspecified atom stereocenters. The van der Waals surface area contributed by atoms with Crippen LogP contribution in [-0.2, 0) is 24.3 Å². The van der Waals surface area contributed by atoms with Gasteiger partial charge < -0.3 is 15.4 Å². The zero-order valence-corrected chi connectivity index (χ0v) is 13.3. The fraction of sp³-hybridized carbons (Fsp3) is 0.412. The van der Waals surface area contributed by atoms with Crippen molar-refractivity contribution in [2.24, 2.45) is 0 Å². The van der Waals surface area contributed by atoms with Crippen molar-refractivity contribution in [1.29, 1.82) is 0 Å². The number of H-pyrrole nitrogens is 1. The maximum absolute atomic E-state index is 12.3. The maximum atomic E-state index is 12.3. The van der Waals surface area contributed by atoms with Crippen LogP contribution in [-0.4, -0.2) is 35.3 Å². The fourth-order valence-corrected chi connectivity index (χ4v) is 2.67. The van der Waals surface area contributed by atoms with Crippen molar-refractivity contribution in [3.63, 3.8) is 0 Å². The molecule has 0 saturated heterocycles. The van der Waals surface area contributed by atoms with Gasteiger partial charge in [-0.3, -0.25) is 9.89 Å². The molecule has 1 atom stereocenters. The summed E-state index contributed by atoms with van der Waals surface area (Å²) in [6.07, 6.45) is 0.880. The Hall–Kier alpha value is -2.18. The van der Waals surface area contributed by atoms with Crippen LogP contribution in [0.1, 0.15) is 34.2 Å². The largest absolute Gasteiger partial charge is 0.375 e. The highest BCUT2D eigenvalue weighted by atomic mass is 16.5. The molecule has 1 aromatic carbocycles. The minimum absolute atomic E-state index is 0.0740. The topological polar surface area (TPSA) is 79.0 Å². The molecule has 122 valence electrons. The highest BCUT2D eigenvalue weighted by molar-refractivity contribution is 5.94. The van der Waals surface area contributed by atoms with Gasteiger partial charge in [0.25, 0.3) is 5.91 Å². The molecule has 0 aliphatic carbocycles. The standard InChI is InChI=1S/C17H22N4O2/c1-12(10-23-11-13-5-3-2-4-6-13)19-17(22)16-14-9-18-8-7-15(14)20-21-16/h2-6,12,18H,7-11H2,1H3,(H,19,22)(H,20,21). The van der Waals surface area contributed by atoms with E-state index in [1.54, 1.807) is 0 Å². The number of nitrogens with one attached hydrogen (secondary N) is 3. The summed E-state index contributed by atoms with van der Waals surface area (Å²) in [5.74, 6) is -0.151. The molecular formula is C17H22N4O2. The average molecular weight is 314 g/mol. The quantitative estimate of drug-likeness (QED) is 0.753.